The number of aliphatic hydroxyl groups is 1. The SMILES string of the molecule is CCN(CCO)c1ccc(NC=O)cc1. The Kier molecular flexibility index (Phi) is 4.63. The van der Waals surface area contributed by atoms with Crippen molar-refractivity contribution in [2.45, 2.75) is 6.92 Å². The quantitative estimate of drug-likeness (QED) is 0.688. The number of amides is 1. The summed E-state index contributed by atoms with van der Waals surface area (Å²) in [7, 11) is 0. The van der Waals surface area contributed by atoms with Crippen molar-refractivity contribution < 1.29 is 9.90 Å². The number of carbonyl (C=O) groups excluding carboxylic acids is 1. The number of nitrogens with zero attached hydrogens (tertiary/aromatic N) is 1. The zero-order valence-electron chi connectivity index (χ0n) is 8.81. The van der Waals surface area contributed by atoms with E-state index in [4.69, 9.17) is 5.11 Å². The Hall–Kier alpha value is -1.55. The van der Waals surface area contributed by atoms with Crippen LogP contribution in [-0.2, 0) is 4.79 Å². The van der Waals surface area contributed by atoms with E-state index in [2.05, 4.69) is 10.2 Å². The second-order valence-electron chi connectivity index (χ2n) is 3.11. The lowest BCUT2D eigenvalue weighted by molar-refractivity contribution is -0.105. The molecule has 1 aromatic carbocycles. The van der Waals surface area contributed by atoms with E-state index >= 15 is 0 Å². The molecule has 82 valence electrons. The highest BCUT2D eigenvalue weighted by Crippen LogP contribution is 2.16. The first-order valence-corrected chi connectivity index (χ1v) is 4.98. The second kappa shape index (κ2) is 6.03. The summed E-state index contributed by atoms with van der Waals surface area (Å²) in [6.45, 7) is 3.65. The van der Waals surface area contributed by atoms with Crippen LogP contribution in [0.25, 0.3) is 0 Å². The minimum absolute atomic E-state index is 0.141. The highest BCUT2D eigenvalue weighted by molar-refractivity contribution is 5.72. The summed E-state index contributed by atoms with van der Waals surface area (Å²) in [5.41, 5.74) is 1.82. The van der Waals surface area contributed by atoms with Gasteiger partial charge in [0, 0.05) is 24.5 Å². The van der Waals surface area contributed by atoms with E-state index in [1.807, 2.05) is 31.2 Å². The summed E-state index contributed by atoms with van der Waals surface area (Å²) in [6, 6.07) is 7.52. The third kappa shape index (κ3) is 3.25. The van der Waals surface area contributed by atoms with E-state index in [0.29, 0.717) is 13.0 Å². The van der Waals surface area contributed by atoms with Crippen LogP contribution in [0.4, 0.5) is 11.4 Å². The zero-order chi connectivity index (χ0) is 11.1. The van der Waals surface area contributed by atoms with Gasteiger partial charge in [0.1, 0.15) is 0 Å². The molecule has 0 aliphatic rings. The van der Waals surface area contributed by atoms with Gasteiger partial charge in [0.2, 0.25) is 6.41 Å². The van der Waals surface area contributed by atoms with Crippen molar-refractivity contribution in [2.24, 2.45) is 0 Å². The zero-order valence-corrected chi connectivity index (χ0v) is 8.81. The first-order valence-electron chi connectivity index (χ1n) is 4.98. The van der Waals surface area contributed by atoms with Gasteiger partial charge in [-0.3, -0.25) is 4.79 Å². The van der Waals surface area contributed by atoms with Crippen LogP contribution in [0.1, 0.15) is 6.92 Å². The molecule has 0 saturated carbocycles. The van der Waals surface area contributed by atoms with Crippen LogP contribution in [0, 0.1) is 0 Å². The molecule has 0 spiro atoms. The topological polar surface area (TPSA) is 52.6 Å². The van der Waals surface area contributed by atoms with Crippen molar-refractivity contribution in [2.75, 3.05) is 29.9 Å². The van der Waals surface area contributed by atoms with Gasteiger partial charge in [-0.2, -0.15) is 0 Å². The summed E-state index contributed by atoms with van der Waals surface area (Å²) in [6.07, 6.45) is 0.653. The Bertz CT molecular complexity index is 298. The number of hydrogen-bond acceptors (Lipinski definition) is 3. The summed E-state index contributed by atoms with van der Waals surface area (Å²) in [4.78, 5) is 12.3. The lowest BCUT2D eigenvalue weighted by Gasteiger charge is -2.22. The molecular weight excluding hydrogens is 192 g/mol. The number of benzene rings is 1. The van der Waals surface area contributed by atoms with Gasteiger partial charge in [-0.05, 0) is 31.2 Å². The van der Waals surface area contributed by atoms with Crippen LogP contribution in [0.2, 0.25) is 0 Å². The Labute approximate surface area is 89.5 Å². The maximum atomic E-state index is 10.2. The molecular formula is C11H16N2O2. The van der Waals surface area contributed by atoms with E-state index in [0.717, 1.165) is 17.9 Å². The molecule has 0 bridgehead atoms. The summed E-state index contributed by atoms with van der Waals surface area (Å²) in [5, 5.41) is 11.4. The van der Waals surface area contributed by atoms with Crippen molar-refractivity contribution in [3.05, 3.63) is 24.3 Å². The van der Waals surface area contributed by atoms with Gasteiger partial charge in [0.25, 0.3) is 0 Å². The Morgan fingerprint density at radius 2 is 2.07 bits per heavy atom. The predicted molar refractivity (Wildman–Crippen MR) is 61.1 cm³/mol. The molecule has 2 N–H and O–H groups in total. The standard InChI is InChI=1S/C11H16N2O2/c1-2-13(7-8-14)11-5-3-10(4-6-11)12-9-15/h3-6,9,14H,2,7-8H2,1H3,(H,12,15). The fourth-order valence-electron chi connectivity index (χ4n) is 1.43. The molecule has 1 aromatic rings. The molecule has 0 aliphatic carbocycles. The Balaban J connectivity index is 2.72. The number of likely N-dealkylation sites (N-methyl/N-ethyl adjacent to an activating group) is 1. The monoisotopic (exact) mass is 208 g/mol. The van der Waals surface area contributed by atoms with Gasteiger partial charge < -0.3 is 15.3 Å². The Morgan fingerprint density at radius 1 is 1.40 bits per heavy atom. The smallest absolute Gasteiger partial charge is 0.211 e. The van der Waals surface area contributed by atoms with Crippen molar-refractivity contribution in [1.29, 1.82) is 0 Å². The van der Waals surface area contributed by atoms with Gasteiger partial charge in [-0.1, -0.05) is 0 Å². The Morgan fingerprint density at radius 3 is 2.53 bits per heavy atom. The van der Waals surface area contributed by atoms with Gasteiger partial charge >= 0.3 is 0 Å². The molecule has 0 aliphatic heterocycles. The first kappa shape index (κ1) is 11.5. The molecule has 4 heteroatoms. The van der Waals surface area contributed by atoms with Crippen molar-refractivity contribution in [3.8, 4) is 0 Å². The van der Waals surface area contributed by atoms with E-state index in [1.54, 1.807) is 0 Å². The molecule has 0 aromatic heterocycles. The normalized spacial score (nSPS) is 9.73. The van der Waals surface area contributed by atoms with E-state index in [9.17, 15) is 4.79 Å². The van der Waals surface area contributed by atoms with Crippen molar-refractivity contribution in [1.82, 2.24) is 0 Å². The van der Waals surface area contributed by atoms with Gasteiger partial charge in [-0.15, -0.1) is 0 Å². The number of carbonyl (C=O) groups is 1. The van der Waals surface area contributed by atoms with Crippen molar-refractivity contribution >= 4 is 17.8 Å². The molecule has 0 unspecified atom stereocenters. The van der Waals surface area contributed by atoms with E-state index in [-0.39, 0.29) is 6.61 Å². The molecule has 0 fully saturated rings. The minimum atomic E-state index is 0.141. The maximum Gasteiger partial charge on any atom is 0.211 e. The fourth-order valence-corrected chi connectivity index (χ4v) is 1.43. The van der Waals surface area contributed by atoms with Crippen LogP contribution in [0.15, 0.2) is 24.3 Å². The second-order valence-corrected chi connectivity index (χ2v) is 3.11. The van der Waals surface area contributed by atoms with Crippen LogP contribution in [0.3, 0.4) is 0 Å². The molecule has 0 heterocycles. The van der Waals surface area contributed by atoms with Gasteiger partial charge in [-0.25, -0.2) is 0 Å². The number of rotatable bonds is 6. The van der Waals surface area contributed by atoms with E-state index < -0.39 is 0 Å². The van der Waals surface area contributed by atoms with Gasteiger partial charge in [0.05, 0.1) is 6.61 Å². The molecule has 1 amide bonds. The van der Waals surface area contributed by atoms with Crippen molar-refractivity contribution in [3.63, 3.8) is 0 Å². The predicted octanol–water partition coefficient (Wildman–Crippen LogP) is 1.07. The average Bonchev–Trinajstić information content (AvgIpc) is 2.28. The maximum absolute atomic E-state index is 10.2. The third-order valence-electron chi connectivity index (χ3n) is 2.21. The molecule has 0 atom stereocenters. The van der Waals surface area contributed by atoms with Crippen LogP contribution in [-0.4, -0.2) is 31.2 Å². The fraction of sp³-hybridized carbons (Fsp3) is 0.364. The largest absolute Gasteiger partial charge is 0.395 e. The van der Waals surface area contributed by atoms with Crippen LogP contribution >= 0.6 is 0 Å². The molecule has 1 rings (SSSR count). The number of hydrogen-bond donors (Lipinski definition) is 2. The molecule has 0 radical (unpaired) electrons. The third-order valence-corrected chi connectivity index (χ3v) is 2.21. The van der Waals surface area contributed by atoms with Gasteiger partial charge in [0.15, 0.2) is 0 Å². The summed E-state index contributed by atoms with van der Waals surface area (Å²) in [5.74, 6) is 0. The van der Waals surface area contributed by atoms with Crippen LogP contribution < -0.4 is 10.2 Å². The first-order chi connectivity index (χ1) is 7.31. The number of nitrogens with one attached hydrogen (secondary N) is 1. The summed E-state index contributed by atoms with van der Waals surface area (Å²) >= 11 is 0. The number of anilines is 2. The lowest BCUT2D eigenvalue weighted by atomic mass is 10.2. The average molecular weight is 208 g/mol. The molecule has 0 saturated heterocycles. The summed E-state index contributed by atoms with van der Waals surface area (Å²) < 4.78 is 0. The molecule has 4 nitrogen and oxygen atoms in total. The minimum Gasteiger partial charge on any atom is -0.395 e. The number of aliphatic hydroxyl groups excluding tert-OH is 1. The highest BCUT2D eigenvalue weighted by Gasteiger charge is 2.02. The highest BCUT2D eigenvalue weighted by atomic mass is 16.3. The molecule has 15 heavy (non-hydrogen) atoms. The van der Waals surface area contributed by atoms with Crippen LogP contribution in [0.5, 0.6) is 0 Å². The van der Waals surface area contributed by atoms with E-state index in [1.165, 1.54) is 0 Å². The lowest BCUT2D eigenvalue weighted by Crippen LogP contribution is -2.25.